The maximum absolute atomic E-state index is 11.8. The minimum atomic E-state index is -0.455. The third kappa shape index (κ3) is 5.51. The first-order valence-corrected chi connectivity index (χ1v) is 8.33. The molecule has 0 aliphatic rings. The van der Waals surface area contributed by atoms with Gasteiger partial charge in [-0.25, -0.2) is 0 Å². The number of hydrogen-bond acceptors (Lipinski definition) is 4. The van der Waals surface area contributed by atoms with Gasteiger partial charge in [-0.05, 0) is 68.1 Å². The zero-order chi connectivity index (χ0) is 19.1. The molecule has 2 N–H and O–H groups in total. The maximum Gasteiger partial charge on any atom is 0.276 e. The highest BCUT2D eigenvalue weighted by Crippen LogP contribution is 2.20. The van der Waals surface area contributed by atoms with E-state index in [0.29, 0.717) is 11.5 Å². The number of amides is 2. The van der Waals surface area contributed by atoms with Crippen molar-refractivity contribution in [2.75, 3.05) is 13.2 Å². The van der Waals surface area contributed by atoms with E-state index in [2.05, 4.69) is 10.9 Å². The predicted molar refractivity (Wildman–Crippen MR) is 99.1 cm³/mol. The number of carbonyl (C=O) groups excluding carboxylic acids is 2. The van der Waals surface area contributed by atoms with Crippen LogP contribution in [0.2, 0.25) is 0 Å². The Balaban J connectivity index is 1.72. The van der Waals surface area contributed by atoms with E-state index < -0.39 is 11.8 Å². The van der Waals surface area contributed by atoms with Crippen molar-refractivity contribution in [1.29, 1.82) is 0 Å². The first-order valence-electron chi connectivity index (χ1n) is 8.33. The molecular formula is C20H24N2O4. The van der Waals surface area contributed by atoms with Gasteiger partial charge in [0.2, 0.25) is 0 Å². The first-order chi connectivity index (χ1) is 12.4. The van der Waals surface area contributed by atoms with Crippen LogP contribution < -0.4 is 20.3 Å². The van der Waals surface area contributed by atoms with Crippen molar-refractivity contribution in [3.63, 3.8) is 0 Å². The quantitative estimate of drug-likeness (QED) is 0.780. The fourth-order valence-corrected chi connectivity index (χ4v) is 2.19. The molecule has 2 aromatic carbocycles. The van der Waals surface area contributed by atoms with Gasteiger partial charge in [0.05, 0.1) is 0 Å². The molecule has 2 rings (SSSR count). The molecule has 0 bridgehead atoms. The lowest BCUT2D eigenvalue weighted by Crippen LogP contribution is -2.45. The van der Waals surface area contributed by atoms with Gasteiger partial charge in [-0.3, -0.25) is 20.4 Å². The van der Waals surface area contributed by atoms with Gasteiger partial charge >= 0.3 is 0 Å². The van der Waals surface area contributed by atoms with E-state index in [1.807, 2.05) is 52.0 Å². The highest BCUT2D eigenvalue weighted by Gasteiger charge is 2.08. The van der Waals surface area contributed by atoms with Gasteiger partial charge in [-0.1, -0.05) is 18.2 Å². The van der Waals surface area contributed by atoms with Crippen molar-refractivity contribution in [1.82, 2.24) is 10.9 Å². The maximum atomic E-state index is 11.8. The Kier molecular flexibility index (Phi) is 6.60. The number of rotatable bonds is 6. The summed E-state index contributed by atoms with van der Waals surface area (Å²) in [5, 5.41) is 0. The summed E-state index contributed by atoms with van der Waals surface area (Å²) in [5.74, 6) is 0.339. The third-order valence-electron chi connectivity index (χ3n) is 4.10. The second kappa shape index (κ2) is 8.89. The van der Waals surface area contributed by atoms with Crippen molar-refractivity contribution >= 4 is 11.8 Å². The normalized spacial score (nSPS) is 10.2. The molecule has 6 nitrogen and oxygen atoms in total. The molecule has 2 amide bonds. The van der Waals surface area contributed by atoms with Crippen LogP contribution in [0.3, 0.4) is 0 Å². The van der Waals surface area contributed by atoms with Crippen molar-refractivity contribution in [2.24, 2.45) is 0 Å². The monoisotopic (exact) mass is 356 g/mol. The summed E-state index contributed by atoms with van der Waals surface area (Å²) < 4.78 is 10.9. The van der Waals surface area contributed by atoms with E-state index in [9.17, 15) is 9.59 Å². The predicted octanol–water partition coefficient (Wildman–Crippen LogP) is 2.53. The van der Waals surface area contributed by atoms with Crippen LogP contribution in [0.4, 0.5) is 0 Å². The summed E-state index contributed by atoms with van der Waals surface area (Å²) in [7, 11) is 0. The molecule has 0 unspecified atom stereocenters. The van der Waals surface area contributed by atoms with Crippen LogP contribution in [-0.4, -0.2) is 25.0 Å². The minimum absolute atomic E-state index is 0.192. The van der Waals surface area contributed by atoms with Crippen molar-refractivity contribution in [3.05, 3.63) is 58.7 Å². The molecule has 0 radical (unpaired) electrons. The zero-order valence-electron chi connectivity index (χ0n) is 15.5. The number of hydrogen-bond donors (Lipinski definition) is 2. The van der Waals surface area contributed by atoms with Gasteiger partial charge in [0.1, 0.15) is 11.5 Å². The van der Waals surface area contributed by atoms with E-state index in [1.165, 1.54) is 0 Å². The molecule has 26 heavy (non-hydrogen) atoms. The van der Waals surface area contributed by atoms with E-state index in [1.54, 1.807) is 12.1 Å². The Morgan fingerprint density at radius 2 is 1.46 bits per heavy atom. The molecule has 0 fully saturated rings. The molecule has 2 aromatic rings. The highest BCUT2D eigenvalue weighted by molar-refractivity contribution is 5.83. The van der Waals surface area contributed by atoms with Crippen LogP contribution in [0.5, 0.6) is 11.5 Å². The zero-order valence-corrected chi connectivity index (χ0v) is 15.5. The number of ether oxygens (including phenoxy) is 2. The van der Waals surface area contributed by atoms with Gasteiger partial charge in [0.15, 0.2) is 13.2 Å². The number of aryl methyl sites for hydroxylation is 3. The summed E-state index contributed by atoms with van der Waals surface area (Å²) in [6, 6.07) is 11.2. The van der Waals surface area contributed by atoms with Gasteiger partial charge in [0, 0.05) is 0 Å². The molecule has 0 aromatic heterocycles. The van der Waals surface area contributed by atoms with E-state index in [4.69, 9.17) is 9.47 Å². The van der Waals surface area contributed by atoms with Crippen LogP contribution in [0.15, 0.2) is 36.4 Å². The SMILES string of the molecule is Cc1ccc(OCC(=O)NNC(=O)COc2cccc(C)c2C)cc1C. The molecule has 0 aliphatic heterocycles. The summed E-state index contributed by atoms with van der Waals surface area (Å²) in [4.78, 5) is 23.5. The minimum Gasteiger partial charge on any atom is -0.484 e. The Hall–Kier alpha value is -3.02. The Morgan fingerprint density at radius 3 is 2.12 bits per heavy atom. The van der Waals surface area contributed by atoms with E-state index in [0.717, 1.165) is 22.3 Å². The topological polar surface area (TPSA) is 76.7 Å². The molecule has 138 valence electrons. The molecule has 0 aliphatic carbocycles. The smallest absolute Gasteiger partial charge is 0.276 e. The standard InChI is InChI=1S/C20H24N2O4/c1-13-8-9-17(10-15(13)3)25-11-19(23)21-22-20(24)12-26-18-7-5-6-14(2)16(18)4/h5-10H,11-12H2,1-4H3,(H,21,23)(H,22,24). The van der Waals surface area contributed by atoms with Crippen molar-refractivity contribution in [2.45, 2.75) is 27.7 Å². The molecular weight excluding hydrogens is 332 g/mol. The average Bonchev–Trinajstić information content (AvgIpc) is 2.62. The molecule has 0 saturated heterocycles. The third-order valence-corrected chi connectivity index (χ3v) is 4.10. The molecule has 6 heteroatoms. The van der Waals surface area contributed by atoms with E-state index >= 15 is 0 Å². The van der Waals surface area contributed by atoms with Crippen LogP contribution >= 0.6 is 0 Å². The first kappa shape index (κ1) is 19.3. The van der Waals surface area contributed by atoms with Gasteiger partial charge in [-0.15, -0.1) is 0 Å². The second-order valence-electron chi connectivity index (χ2n) is 6.12. The number of benzene rings is 2. The Labute approximate surface area is 153 Å². The summed E-state index contributed by atoms with van der Waals surface area (Å²) in [5.41, 5.74) is 8.89. The largest absolute Gasteiger partial charge is 0.484 e. The van der Waals surface area contributed by atoms with Crippen LogP contribution in [-0.2, 0) is 9.59 Å². The highest BCUT2D eigenvalue weighted by atomic mass is 16.5. The summed E-state index contributed by atoms with van der Waals surface area (Å²) >= 11 is 0. The number of nitrogens with one attached hydrogen (secondary N) is 2. The van der Waals surface area contributed by atoms with Crippen LogP contribution in [0, 0.1) is 27.7 Å². The average molecular weight is 356 g/mol. The lowest BCUT2D eigenvalue weighted by molar-refractivity contribution is -0.131. The second-order valence-corrected chi connectivity index (χ2v) is 6.12. The fourth-order valence-electron chi connectivity index (χ4n) is 2.19. The van der Waals surface area contributed by atoms with Crippen LogP contribution in [0.1, 0.15) is 22.3 Å². The molecule has 0 heterocycles. The number of carbonyl (C=O) groups is 2. The molecule has 0 spiro atoms. The van der Waals surface area contributed by atoms with Gasteiger partial charge < -0.3 is 9.47 Å². The van der Waals surface area contributed by atoms with Gasteiger partial charge in [0.25, 0.3) is 11.8 Å². The van der Waals surface area contributed by atoms with Crippen LogP contribution in [0.25, 0.3) is 0 Å². The lowest BCUT2D eigenvalue weighted by atomic mass is 10.1. The number of hydrazine groups is 1. The molecule has 0 atom stereocenters. The summed E-state index contributed by atoms with van der Waals surface area (Å²) in [6.45, 7) is 7.48. The van der Waals surface area contributed by atoms with Crippen molar-refractivity contribution < 1.29 is 19.1 Å². The lowest BCUT2D eigenvalue weighted by Gasteiger charge is -2.12. The Bertz CT molecular complexity index is 802. The van der Waals surface area contributed by atoms with E-state index in [-0.39, 0.29) is 13.2 Å². The van der Waals surface area contributed by atoms with Gasteiger partial charge in [-0.2, -0.15) is 0 Å². The van der Waals surface area contributed by atoms with Crippen molar-refractivity contribution in [3.8, 4) is 11.5 Å². The molecule has 0 saturated carbocycles. The Morgan fingerprint density at radius 1 is 0.808 bits per heavy atom. The summed E-state index contributed by atoms with van der Waals surface area (Å²) in [6.07, 6.45) is 0. The fraction of sp³-hybridized carbons (Fsp3) is 0.300.